The molecular weight excluding hydrogens is 879 g/mol. The van der Waals surface area contributed by atoms with Gasteiger partial charge in [-0.1, -0.05) is 61.5 Å². The first-order valence-corrected chi connectivity index (χ1v) is 18.0. The number of carbonyl (C=O) groups is 4. The summed E-state index contributed by atoms with van der Waals surface area (Å²) >= 11 is 0. The van der Waals surface area contributed by atoms with Gasteiger partial charge < -0.3 is 42.7 Å². The van der Waals surface area contributed by atoms with E-state index in [2.05, 4.69) is 40.0 Å². The number of nitrogens with one attached hydrogen (secondary N) is 4. The van der Waals surface area contributed by atoms with E-state index in [1.54, 1.807) is 36.5 Å². The van der Waals surface area contributed by atoms with E-state index < -0.39 is 30.1 Å². The number of aromatic nitrogens is 2. The molecule has 11 N–H and O–H groups in total. The highest BCUT2D eigenvalue weighted by Gasteiger charge is 2.58. The molecule has 1 atom stereocenters. The molecule has 1 heterocycles. The summed E-state index contributed by atoms with van der Waals surface area (Å²) in [6.07, 6.45) is -14.7. The van der Waals surface area contributed by atoms with Crippen LogP contribution in [0.15, 0.2) is 83.8 Å². The molecule has 3 aromatic carbocycles. The van der Waals surface area contributed by atoms with Crippen molar-refractivity contribution in [1.82, 2.24) is 14.9 Å². The fourth-order valence-electron chi connectivity index (χ4n) is 4.73. The molecule has 1 amide bonds. The smallest absolute Gasteiger partial charge is 0.483 e. The number of carbonyl (C=O) groups excluding carboxylic acids is 1. The Morgan fingerprint density at radius 3 is 1.84 bits per heavy atom. The minimum Gasteiger partial charge on any atom is -0.483 e. The predicted octanol–water partition coefficient (Wildman–Crippen LogP) is 6.66. The van der Waals surface area contributed by atoms with E-state index in [1.165, 1.54) is 10.1 Å². The maximum absolute atomic E-state index is 13.5. The lowest BCUT2D eigenvalue weighted by Gasteiger charge is -2.18. The Morgan fingerprint density at radius 1 is 0.875 bits per heavy atom. The van der Waals surface area contributed by atoms with Crippen LogP contribution in [0.4, 0.5) is 56.7 Å². The molecule has 352 valence electrons. The van der Waals surface area contributed by atoms with Crippen LogP contribution in [0.25, 0.3) is 11.3 Å². The molecule has 0 bridgehead atoms. The minimum atomic E-state index is -6.06. The van der Waals surface area contributed by atoms with E-state index in [0.29, 0.717) is 28.4 Å². The van der Waals surface area contributed by atoms with E-state index in [0.717, 1.165) is 24.2 Å². The number of hydrogen-bond acceptors (Lipinski definition) is 10. The Kier molecular flexibility index (Phi) is 23.8. The summed E-state index contributed by atoms with van der Waals surface area (Å²) in [5.41, 5.74) is 16.6. The van der Waals surface area contributed by atoms with Crippen molar-refractivity contribution in [3.8, 4) is 11.3 Å². The molecule has 0 aliphatic rings. The van der Waals surface area contributed by atoms with Crippen molar-refractivity contribution in [1.29, 1.82) is 5.41 Å². The van der Waals surface area contributed by atoms with Crippen LogP contribution in [-0.2, 0) is 32.3 Å². The zero-order valence-corrected chi connectivity index (χ0v) is 34.0. The number of aliphatic carboxylic acids is 1. The number of alkyl halides is 9. The molecule has 64 heavy (non-hydrogen) atoms. The molecule has 0 spiro atoms. The Bertz CT molecular complexity index is 2130. The highest BCUT2D eigenvalue weighted by Crippen LogP contribution is 2.36. The molecule has 4 rings (SSSR count). The van der Waals surface area contributed by atoms with Crippen molar-refractivity contribution in [2.45, 2.75) is 70.8 Å². The van der Waals surface area contributed by atoms with Gasteiger partial charge in [0.15, 0.2) is 5.82 Å². The fraction of sp³-hybridized carbons (Fsp3) is 0.308. The number of nitrogens with two attached hydrogens (primary N) is 2. The predicted molar refractivity (Wildman–Crippen MR) is 218 cm³/mol. The maximum Gasteiger partial charge on any atom is 0.490 e. The number of anilines is 3. The Morgan fingerprint density at radius 2 is 1.39 bits per heavy atom. The average molecular weight is 925 g/mol. The summed E-state index contributed by atoms with van der Waals surface area (Å²) in [7, 11) is 0. The third-order valence-corrected chi connectivity index (χ3v) is 7.63. The topological polar surface area (TPSA) is 276 Å². The lowest BCUT2D eigenvalue weighted by atomic mass is 9.98. The molecule has 0 fully saturated rings. The summed E-state index contributed by atoms with van der Waals surface area (Å²) in [6.45, 7) is 6.32. The van der Waals surface area contributed by atoms with Gasteiger partial charge in [-0.25, -0.2) is 9.78 Å². The highest BCUT2D eigenvalue weighted by atomic mass is 19.5. The lowest BCUT2D eigenvalue weighted by Crippen LogP contribution is -2.35. The standard InChI is InChI=1S/C33H40N8O2.C2F6.C2HF3O2.2CH2O2/c1-21(2)40-32-33(43)41(20-30(42)38-18-23-9-11-25(12-10-23)31(35)36)29(19-39-32)26-15-27(34)17-28(16-26)37-14-13-22(3)24-7-5-4-6-8-24;3-1(4,5)2(6,7)8;3-2(4,5)1(6)7;2*2-1-3/h4-12,15-17,19,21-22,37H,13-14,18,20,34H2,1-3H3,(H3,35,36)(H,38,42)(H,39,40);;(H,6,7);2*1H,(H,2,3). The van der Waals surface area contributed by atoms with E-state index >= 15 is 0 Å². The van der Waals surface area contributed by atoms with Crippen molar-refractivity contribution in [3.63, 3.8) is 0 Å². The number of hydrogen-bond donors (Lipinski definition) is 9. The van der Waals surface area contributed by atoms with E-state index in [9.17, 15) is 49.1 Å². The summed E-state index contributed by atoms with van der Waals surface area (Å²) in [5, 5.41) is 37.8. The van der Waals surface area contributed by atoms with Gasteiger partial charge in [-0.15, -0.1) is 0 Å². The van der Waals surface area contributed by atoms with Crippen molar-refractivity contribution in [2.24, 2.45) is 5.73 Å². The third kappa shape index (κ3) is 21.4. The summed E-state index contributed by atoms with van der Waals surface area (Å²) < 4.78 is 95.8. The molecule has 0 aliphatic heterocycles. The number of nitrogens with zero attached hydrogens (tertiary/aromatic N) is 2. The number of halogens is 9. The van der Waals surface area contributed by atoms with Gasteiger partial charge >= 0.3 is 24.5 Å². The normalized spacial score (nSPS) is 11.2. The van der Waals surface area contributed by atoms with Gasteiger partial charge in [-0.3, -0.25) is 29.2 Å². The zero-order chi connectivity index (χ0) is 49.4. The third-order valence-electron chi connectivity index (χ3n) is 7.63. The zero-order valence-electron chi connectivity index (χ0n) is 34.0. The first-order chi connectivity index (χ1) is 29.6. The van der Waals surface area contributed by atoms with E-state index in [1.807, 2.05) is 44.2 Å². The highest BCUT2D eigenvalue weighted by molar-refractivity contribution is 5.94. The number of benzene rings is 3. The maximum atomic E-state index is 13.5. The number of carboxylic acid groups (broad SMARTS) is 3. The number of amidine groups is 1. The van der Waals surface area contributed by atoms with Gasteiger partial charge in [0.2, 0.25) is 5.91 Å². The molecule has 1 unspecified atom stereocenters. The molecule has 0 saturated carbocycles. The molecule has 16 nitrogen and oxygen atoms in total. The van der Waals surface area contributed by atoms with Gasteiger partial charge in [0.1, 0.15) is 12.4 Å². The van der Waals surface area contributed by atoms with E-state index in [4.69, 9.17) is 46.6 Å². The summed E-state index contributed by atoms with van der Waals surface area (Å²) in [6, 6.07) is 23.0. The molecule has 0 saturated heterocycles. The largest absolute Gasteiger partial charge is 0.490 e. The molecule has 4 aromatic rings. The molecule has 0 aliphatic carbocycles. The summed E-state index contributed by atoms with van der Waals surface area (Å²) in [5.74, 6) is -2.56. The Labute approximate surface area is 358 Å². The van der Waals surface area contributed by atoms with Crippen LogP contribution in [0.1, 0.15) is 49.8 Å². The van der Waals surface area contributed by atoms with Crippen LogP contribution in [-0.4, -0.2) is 86.6 Å². The van der Waals surface area contributed by atoms with Crippen molar-refractivity contribution in [3.05, 3.63) is 106 Å². The fourth-order valence-corrected chi connectivity index (χ4v) is 4.73. The van der Waals surface area contributed by atoms with Crippen LogP contribution in [0.5, 0.6) is 0 Å². The number of amides is 1. The van der Waals surface area contributed by atoms with Gasteiger partial charge in [0.05, 0.1) is 11.9 Å². The number of carboxylic acids is 1. The van der Waals surface area contributed by atoms with Crippen molar-refractivity contribution < 1.29 is 74.0 Å². The molecule has 0 radical (unpaired) electrons. The van der Waals surface area contributed by atoms with Gasteiger partial charge in [-0.05, 0) is 55.5 Å². The Hall–Kier alpha value is -7.34. The van der Waals surface area contributed by atoms with Gasteiger partial charge in [-0.2, -0.15) is 39.5 Å². The second-order valence-electron chi connectivity index (χ2n) is 12.9. The Balaban J connectivity index is 0.00000157. The molecule has 25 heteroatoms. The van der Waals surface area contributed by atoms with Gasteiger partial charge in [0, 0.05) is 41.6 Å². The van der Waals surface area contributed by atoms with Crippen LogP contribution in [0, 0.1) is 5.41 Å². The lowest BCUT2D eigenvalue weighted by molar-refractivity contribution is -0.339. The van der Waals surface area contributed by atoms with Crippen molar-refractivity contribution in [2.75, 3.05) is 22.9 Å². The van der Waals surface area contributed by atoms with E-state index in [-0.39, 0.29) is 49.6 Å². The number of nitrogen functional groups attached to an aromatic ring is 2. The van der Waals surface area contributed by atoms with Crippen molar-refractivity contribution >= 4 is 47.8 Å². The monoisotopic (exact) mass is 924 g/mol. The van der Waals surface area contributed by atoms with Gasteiger partial charge in [0.25, 0.3) is 18.5 Å². The molecule has 1 aromatic heterocycles. The SMILES string of the molecule is CC(C)Nc1ncc(-c2cc(N)cc(NCCC(C)c3ccccc3)c2)n(CC(=O)NCc2ccc(C(=N)N)cc2)c1=O.FC(F)(F)C(F)(F)F.O=C(O)C(F)(F)F.O=CO.O=CO. The average Bonchev–Trinajstić information content (AvgIpc) is 3.18. The minimum absolute atomic E-state index is 0.0206. The van der Waals surface area contributed by atoms with Crippen LogP contribution in [0.2, 0.25) is 0 Å². The second-order valence-corrected chi connectivity index (χ2v) is 12.9. The second kappa shape index (κ2) is 26.9. The first kappa shape index (κ1) is 56.7. The first-order valence-electron chi connectivity index (χ1n) is 18.0. The number of rotatable bonds is 13. The van der Waals surface area contributed by atoms with Crippen LogP contribution in [0.3, 0.4) is 0 Å². The quantitative estimate of drug-likeness (QED) is 0.0223. The van der Waals surface area contributed by atoms with Crippen LogP contribution < -0.4 is 33.0 Å². The van der Waals surface area contributed by atoms with Crippen LogP contribution >= 0.6 is 0 Å². The molecular formula is C39H45F9N8O8. The summed E-state index contributed by atoms with van der Waals surface area (Å²) in [4.78, 5) is 56.6.